The van der Waals surface area contributed by atoms with E-state index in [2.05, 4.69) is 6.92 Å². The summed E-state index contributed by atoms with van der Waals surface area (Å²) in [6, 6.07) is 5.69. The average molecular weight is 244 g/mol. The molecule has 1 aromatic rings. The van der Waals surface area contributed by atoms with Gasteiger partial charge in [0.25, 0.3) is 0 Å². The molecular formula is C11H17O4P. The molecule has 1 rings (SSSR count). The third-order valence-corrected chi connectivity index (χ3v) is 2.77. The summed E-state index contributed by atoms with van der Waals surface area (Å²) in [4.78, 5) is 17.5. The van der Waals surface area contributed by atoms with Crippen LogP contribution >= 0.6 is 7.60 Å². The van der Waals surface area contributed by atoms with E-state index in [0.717, 1.165) is 18.4 Å². The first-order valence-corrected chi connectivity index (χ1v) is 7.05. The molecule has 0 atom stereocenters. The summed E-state index contributed by atoms with van der Waals surface area (Å²) in [6.45, 7) is 4.05. The van der Waals surface area contributed by atoms with Crippen molar-refractivity contribution < 1.29 is 19.1 Å². The molecule has 1 aromatic carbocycles. The zero-order chi connectivity index (χ0) is 12.2. The number of rotatable bonds is 5. The minimum absolute atomic E-state index is 0.558. The van der Waals surface area contributed by atoms with Crippen LogP contribution in [-0.4, -0.2) is 16.1 Å². The molecule has 0 aromatic heterocycles. The van der Waals surface area contributed by atoms with Gasteiger partial charge in [-0.05, 0) is 30.0 Å². The summed E-state index contributed by atoms with van der Waals surface area (Å²) < 4.78 is 15.8. The second-order valence-electron chi connectivity index (χ2n) is 3.59. The number of hydrogen-bond donors (Lipinski definition) is 2. The molecule has 0 unspecified atom stereocenters. The van der Waals surface area contributed by atoms with Crippen molar-refractivity contribution in [3.8, 4) is 5.75 Å². The highest BCUT2D eigenvalue weighted by molar-refractivity contribution is 7.51. The Morgan fingerprint density at radius 3 is 2.44 bits per heavy atom. The second-order valence-corrected chi connectivity index (χ2v) is 5.17. The Labute approximate surface area is 95.4 Å². The lowest BCUT2D eigenvalue weighted by atomic mass is 10.1. The fourth-order valence-electron chi connectivity index (χ4n) is 1.42. The maximum Gasteiger partial charge on any atom is 0.362 e. The van der Waals surface area contributed by atoms with Crippen LogP contribution in [-0.2, 0) is 17.4 Å². The van der Waals surface area contributed by atoms with Crippen LogP contribution in [0.1, 0.15) is 25.0 Å². The Bertz CT molecular complexity index is 397. The highest BCUT2D eigenvalue weighted by Gasteiger charge is 2.14. The Morgan fingerprint density at radius 1 is 1.25 bits per heavy atom. The number of hydrogen-bond acceptors (Lipinski definition) is 2. The van der Waals surface area contributed by atoms with Crippen molar-refractivity contribution in [2.45, 2.75) is 26.7 Å². The number of benzene rings is 1. The van der Waals surface area contributed by atoms with Crippen LogP contribution in [0.5, 0.6) is 5.75 Å². The third kappa shape index (κ3) is 3.97. The van der Waals surface area contributed by atoms with Crippen molar-refractivity contribution in [1.29, 1.82) is 0 Å². The molecule has 0 aliphatic rings. The standard InChI is InChI=1S/C11H17O4P/c1-3-9-5-6-11(10(4-2)7-9)15-8-16(12,13)14/h5-7H,3-4,8H2,1-2H3,(H2,12,13,14). The molecule has 0 fully saturated rings. The third-order valence-electron chi connectivity index (χ3n) is 2.30. The normalized spacial score (nSPS) is 11.5. The predicted molar refractivity (Wildman–Crippen MR) is 62.7 cm³/mol. The molecule has 0 radical (unpaired) electrons. The zero-order valence-electron chi connectivity index (χ0n) is 9.51. The first-order chi connectivity index (χ1) is 7.46. The van der Waals surface area contributed by atoms with E-state index in [4.69, 9.17) is 14.5 Å². The maximum atomic E-state index is 10.7. The molecule has 0 aliphatic heterocycles. The summed E-state index contributed by atoms with van der Waals surface area (Å²) in [5.74, 6) is 0.558. The summed E-state index contributed by atoms with van der Waals surface area (Å²) in [6.07, 6.45) is 1.15. The van der Waals surface area contributed by atoms with Gasteiger partial charge in [-0.3, -0.25) is 4.57 Å². The molecule has 0 spiro atoms. The Morgan fingerprint density at radius 2 is 1.94 bits per heavy atom. The van der Waals surface area contributed by atoms with Crippen molar-refractivity contribution in [2.24, 2.45) is 0 Å². The first kappa shape index (κ1) is 13.2. The van der Waals surface area contributed by atoms with Crippen LogP contribution in [0.2, 0.25) is 0 Å². The van der Waals surface area contributed by atoms with Gasteiger partial charge in [0.05, 0.1) is 0 Å². The number of ether oxygens (including phenoxy) is 1. The minimum atomic E-state index is -4.10. The van der Waals surface area contributed by atoms with E-state index in [0.29, 0.717) is 5.75 Å². The summed E-state index contributed by atoms with van der Waals surface area (Å²) in [5.41, 5.74) is 2.17. The lowest BCUT2D eigenvalue weighted by Gasteiger charge is -2.12. The SMILES string of the molecule is CCc1ccc(OCP(=O)(O)O)c(CC)c1. The minimum Gasteiger partial charge on any atom is -0.481 e. The molecule has 16 heavy (non-hydrogen) atoms. The Balaban J connectivity index is 2.83. The lowest BCUT2D eigenvalue weighted by molar-refractivity contribution is 0.299. The van der Waals surface area contributed by atoms with E-state index in [1.165, 1.54) is 5.56 Å². The highest BCUT2D eigenvalue weighted by atomic mass is 31.2. The lowest BCUT2D eigenvalue weighted by Crippen LogP contribution is -2.01. The largest absolute Gasteiger partial charge is 0.481 e. The van der Waals surface area contributed by atoms with Gasteiger partial charge < -0.3 is 14.5 Å². The van der Waals surface area contributed by atoms with E-state index in [1.807, 2.05) is 19.1 Å². The molecule has 0 aliphatic carbocycles. The van der Waals surface area contributed by atoms with E-state index in [9.17, 15) is 4.57 Å². The number of aryl methyl sites for hydroxylation is 2. The van der Waals surface area contributed by atoms with E-state index >= 15 is 0 Å². The summed E-state index contributed by atoms with van der Waals surface area (Å²) >= 11 is 0. The van der Waals surface area contributed by atoms with Gasteiger partial charge in [0.1, 0.15) is 5.75 Å². The van der Waals surface area contributed by atoms with Crippen LogP contribution in [0.15, 0.2) is 18.2 Å². The van der Waals surface area contributed by atoms with Crippen LogP contribution in [0.25, 0.3) is 0 Å². The predicted octanol–water partition coefficient (Wildman–Crippen LogP) is 2.33. The van der Waals surface area contributed by atoms with Crippen LogP contribution in [0.4, 0.5) is 0 Å². The van der Waals surface area contributed by atoms with Gasteiger partial charge in [0.15, 0.2) is 6.35 Å². The van der Waals surface area contributed by atoms with Crippen LogP contribution in [0, 0.1) is 0 Å². The fraction of sp³-hybridized carbons (Fsp3) is 0.455. The average Bonchev–Trinajstić information content (AvgIpc) is 2.25. The van der Waals surface area contributed by atoms with Crippen molar-refractivity contribution in [3.05, 3.63) is 29.3 Å². The first-order valence-electron chi connectivity index (χ1n) is 5.25. The van der Waals surface area contributed by atoms with Crippen molar-refractivity contribution in [2.75, 3.05) is 6.35 Å². The smallest absolute Gasteiger partial charge is 0.362 e. The molecule has 0 saturated heterocycles. The van der Waals surface area contributed by atoms with Crippen molar-refractivity contribution in [3.63, 3.8) is 0 Å². The van der Waals surface area contributed by atoms with Gasteiger partial charge in [-0.1, -0.05) is 26.0 Å². The molecule has 90 valence electrons. The van der Waals surface area contributed by atoms with E-state index in [-0.39, 0.29) is 0 Å². The second kappa shape index (κ2) is 5.48. The van der Waals surface area contributed by atoms with Gasteiger partial charge in [-0.2, -0.15) is 0 Å². The van der Waals surface area contributed by atoms with Crippen LogP contribution < -0.4 is 4.74 Å². The van der Waals surface area contributed by atoms with Gasteiger partial charge in [0, 0.05) is 0 Å². The molecular weight excluding hydrogens is 227 g/mol. The highest BCUT2D eigenvalue weighted by Crippen LogP contribution is 2.35. The van der Waals surface area contributed by atoms with E-state index < -0.39 is 13.9 Å². The fourth-order valence-corrected chi connectivity index (χ4v) is 1.73. The van der Waals surface area contributed by atoms with E-state index in [1.54, 1.807) is 6.07 Å². The summed E-state index contributed by atoms with van der Waals surface area (Å²) in [5, 5.41) is 0. The molecule has 0 saturated carbocycles. The Hall–Kier alpha value is -0.830. The van der Waals surface area contributed by atoms with Gasteiger partial charge >= 0.3 is 7.60 Å². The molecule has 0 bridgehead atoms. The topological polar surface area (TPSA) is 66.8 Å². The molecule has 2 N–H and O–H groups in total. The summed E-state index contributed by atoms with van der Waals surface area (Å²) in [7, 11) is -4.10. The van der Waals surface area contributed by atoms with Crippen molar-refractivity contribution >= 4 is 7.60 Å². The van der Waals surface area contributed by atoms with Gasteiger partial charge in [-0.15, -0.1) is 0 Å². The van der Waals surface area contributed by atoms with Gasteiger partial charge in [-0.25, -0.2) is 0 Å². The molecule has 4 nitrogen and oxygen atoms in total. The molecule has 5 heteroatoms. The quantitative estimate of drug-likeness (QED) is 0.780. The monoisotopic (exact) mass is 244 g/mol. The maximum absolute atomic E-state index is 10.7. The van der Waals surface area contributed by atoms with Gasteiger partial charge in [0.2, 0.25) is 0 Å². The van der Waals surface area contributed by atoms with Crippen molar-refractivity contribution in [1.82, 2.24) is 0 Å². The van der Waals surface area contributed by atoms with Crippen LogP contribution in [0.3, 0.4) is 0 Å². The Kier molecular flexibility index (Phi) is 4.54. The zero-order valence-corrected chi connectivity index (χ0v) is 10.4. The molecule has 0 heterocycles. The molecule has 0 amide bonds.